The zero-order valence-corrected chi connectivity index (χ0v) is 13.8. The number of carboxylic acid groups (broad SMARTS) is 1. The molecule has 2 N–H and O–H groups in total. The summed E-state index contributed by atoms with van der Waals surface area (Å²) in [6.07, 6.45) is -0.830. The van der Waals surface area contributed by atoms with E-state index < -0.39 is 41.3 Å². The van der Waals surface area contributed by atoms with Crippen molar-refractivity contribution in [3.05, 3.63) is 29.6 Å². The molecule has 0 aliphatic rings. The number of aliphatic carboxylic acids is 1. The highest BCUT2D eigenvalue weighted by atomic mass is 19.1. The molecule has 0 heterocycles. The molecular formula is C16H22FNO5. The number of phenolic OH excluding ortho intramolecular Hbond substituents is 1. The molecule has 1 rings (SSSR count). The molecule has 0 radical (unpaired) electrons. The first kappa shape index (κ1) is 18.7. The van der Waals surface area contributed by atoms with Crippen LogP contribution in [0.5, 0.6) is 5.75 Å². The van der Waals surface area contributed by atoms with Crippen molar-refractivity contribution < 1.29 is 28.9 Å². The Balaban J connectivity index is 3.32. The van der Waals surface area contributed by atoms with Crippen LogP contribution < -0.4 is 0 Å². The highest BCUT2D eigenvalue weighted by molar-refractivity contribution is 5.82. The van der Waals surface area contributed by atoms with Crippen molar-refractivity contribution in [2.45, 2.75) is 52.3 Å². The zero-order valence-electron chi connectivity index (χ0n) is 13.8. The van der Waals surface area contributed by atoms with Crippen LogP contribution in [0, 0.1) is 5.82 Å². The van der Waals surface area contributed by atoms with Crippen LogP contribution in [0.25, 0.3) is 0 Å². The smallest absolute Gasteiger partial charge is 0.411 e. The first-order valence-corrected chi connectivity index (χ1v) is 7.16. The fraction of sp³-hybridized carbons (Fsp3) is 0.500. The minimum Gasteiger partial charge on any atom is -0.508 e. The van der Waals surface area contributed by atoms with Crippen molar-refractivity contribution in [1.82, 2.24) is 4.90 Å². The predicted octanol–water partition coefficient (Wildman–Crippen LogP) is 3.30. The van der Waals surface area contributed by atoms with Crippen molar-refractivity contribution in [2.75, 3.05) is 0 Å². The van der Waals surface area contributed by atoms with E-state index in [2.05, 4.69) is 0 Å². The number of ether oxygens (including phenoxy) is 1. The molecule has 0 saturated carbocycles. The van der Waals surface area contributed by atoms with E-state index in [0.29, 0.717) is 0 Å². The fourth-order valence-corrected chi connectivity index (χ4v) is 2.11. The van der Waals surface area contributed by atoms with Gasteiger partial charge in [-0.25, -0.2) is 14.0 Å². The third-order valence-corrected chi connectivity index (χ3v) is 2.89. The van der Waals surface area contributed by atoms with E-state index in [9.17, 15) is 24.2 Å². The molecule has 6 nitrogen and oxygen atoms in total. The number of amides is 1. The SMILES string of the molecule is CC(C)N(C(=O)OC(C)(C)C)C(C(=O)O)c1cc(O)cc(F)c1. The summed E-state index contributed by atoms with van der Waals surface area (Å²) in [6.45, 7) is 8.23. The number of nitrogens with zero attached hydrogens (tertiary/aromatic N) is 1. The van der Waals surface area contributed by atoms with Gasteiger partial charge in [0.15, 0.2) is 6.04 Å². The Morgan fingerprint density at radius 1 is 1.22 bits per heavy atom. The second kappa shape index (κ2) is 6.85. The summed E-state index contributed by atoms with van der Waals surface area (Å²) >= 11 is 0. The summed E-state index contributed by atoms with van der Waals surface area (Å²) in [6, 6.07) is 0.943. The third kappa shape index (κ3) is 5.12. The highest BCUT2D eigenvalue weighted by Crippen LogP contribution is 2.29. The number of aromatic hydroxyl groups is 1. The van der Waals surface area contributed by atoms with Gasteiger partial charge in [0.2, 0.25) is 0 Å². The number of carbonyl (C=O) groups excluding carboxylic acids is 1. The quantitative estimate of drug-likeness (QED) is 0.886. The Kier molecular flexibility index (Phi) is 5.58. The number of hydrogen-bond donors (Lipinski definition) is 2. The first-order valence-electron chi connectivity index (χ1n) is 7.16. The standard InChI is InChI=1S/C16H22FNO5/c1-9(2)18(15(22)23-16(3,4)5)13(14(20)21)10-6-11(17)8-12(19)7-10/h6-9,13,19H,1-5H3,(H,20,21). The van der Waals surface area contributed by atoms with Gasteiger partial charge in [0, 0.05) is 12.1 Å². The minimum absolute atomic E-state index is 0.0467. The lowest BCUT2D eigenvalue weighted by Crippen LogP contribution is -2.45. The van der Waals surface area contributed by atoms with Crippen LogP contribution in [0.1, 0.15) is 46.2 Å². The summed E-state index contributed by atoms with van der Waals surface area (Å²) in [5.41, 5.74) is -0.855. The van der Waals surface area contributed by atoms with Crippen LogP contribution in [0.15, 0.2) is 18.2 Å². The zero-order chi connectivity index (χ0) is 17.9. The van der Waals surface area contributed by atoms with E-state index in [4.69, 9.17) is 4.74 Å². The lowest BCUT2D eigenvalue weighted by atomic mass is 10.0. The Hall–Kier alpha value is -2.31. The number of halogens is 1. The van der Waals surface area contributed by atoms with Crippen molar-refractivity contribution >= 4 is 12.1 Å². The van der Waals surface area contributed by atoms with Crippen LogP contribution in [0.3, 0.4) is 0 Å². The van der Waals surface area contributed by atoms with Crippen LogP contribution >= 0.6 is 0 Å². The van der Waals surface area contributed by atoms with Gasteiger partial charge in [-0.2, -0.15) is 0 Å². The molecule has 23 heavy (non-hydrogen) atoms. The number of hydrogen-bond acceptors (Lipinski definition) is 4. The Morgan fingerprint density at radius 2 is 1.78 bits per heavy atom. The molecule has 1 aromatic carbocycles. The summed E-state index contributed by atoms with van der Waals surface area (Å²) in [7, 11) is 0. The molecule has 0 aliphatic carbocycles. The van der Waals surface area contributed by atoms with Gasteiger partial charge in [-0.05, 0) is 52.3 Å². The van der Waals surface area contributed by atoms with Gasteiger partial charge in [-0.15, -0.1) is 0 Å². The monoisotopic (exact) mass is 327 g/mol. The van der Waals surface area contributed by atoms with E-state index in [1.807, 2.05) is 0 Å². The van der Waals surface area contributed by atoms with Gasteiger partial charge in [0.05, 0.1) is 0 Å². The summed E-state index contributed by atoms with van der Waals surface area (Å²) < 4.78 is 18.7. The third-order valence-electron chi connectivity index (χ3n) is 2.89. The van der Waals surface area contributed by atoms with Gasteiger partial charge < -0.3 is 14.9 Å². The average Bonchev–Trinajstić information content (AvgIpc) is 2.30. The average molecular weight is 327 g/mol. The number of benzene rings is 1. The van der Waals surface area contributed by atoms with E-state index >= 15 is 0 Å². The van der Waals surface area contributed by atoms with Gasteiger partial charge in [-0.1, -0.05) is 0 Å². The van der Waals surface area contributed by atoms with Crippen molar-refractivity contribution in [3.63, 3.8) is 0 Å². The van der Waals surface area contributed by atoms with Crippen molar-refractivity contribution in [2.24, 2.45) is 0 Å². The molecule has 0 aliphatic heterocycles. The van der Waals surface area contributed by atoms with Crippen molar-refractivity contribution in [1.29, 1.82) is 0 Å². The second-order valence-electron chi connectivity index (χ2n) is 6.46. The molecule has 7 heteroatoms. The van der Waals surface area contributed by atoms with Gasteiger partial charge in [-0.3, -0.25) is 4.90 Å². The number of phenols is 1. The molecule has 0 saturated heterocycles. The van der Waals surface area contributed by atoms with Gasteiger partial charge >= 0.3 is 12.1 Å². The summed E-state index contributed by atoms with van der Waals surface area (Å²) in [5, 5.41) is 19.0. The molecule has 0 aromatic heterocycles. The molecule has 1 unspecified atom stereocenters. The highest BCUT2D eigenvalue weighted by Gasteiger charge is 2.36. The second-order valence-corrected chi connectivity index (χ2v) is 6.46. The first-order chi connectivity index (χ1) is 10.4. The summed E-state index contributed by atoms with van der Waals surface area (Å²) in [4.78, 5) is 25.1. The Labute approximate surface area is 134 Å². The van der Waals surface area contributed by atoms with Gasteiger partial charge in [0.25, 0.3) is 0 Å². The number of carboxylic acids is 1. The van der Waals surface area contributed by atoms with Crippen molar-refractivity contribution in [3.8, 4) is 5.75 Å². The number of rotatable bonds is 4. The maximum absolute atomic E-state index is 13.5. The molecule has 1 atom stereocenters. The lowest BCUT2D eigenvalue weighted by Gasteiger charge is -2.34. The topological polar surface area (TPSA) is 87.1 Å². The van der Waals surface area contributed by atoms with E-state index in [1.54, 1.807) is 34.6 Å². The summed E-state index contributed by atoms with van der Waals surface area (Å²) in [5.74, 6) is -2.56. The maximum Gasteiger partial charge on any atom is 0.411 e. The minimum atomic E-state index is -1.48. The normalized spacial score (nSPS) is 12.8. The molecule has 0 bridgehead atoms. The lowest BCUT2D eigenvalue weighted by molar-refractivity contribution is -0.144. The molecule has 1 amide bonds. The predicted molar refractivity (Wildman–Crippen MR) is 81.7 cm³/mol. The van der Waals surface area contributed by atoms with Crippen LogP contribution in [0.2, 0.25) is 0 Å². The molecule has 0 fully saturated rings. The van der Waals surface area contributed by atoms with E-state index in [1.165, 1.54) is 0 Å². The largest absolute Gasteiger partial charge is 0.508 e. The fourth-order valence-electron chi connectivity index (χ4n) is 2.11. The van der Waals surface area contributed by atoms with E-state index in [0.717, 1.165) is 23.1 Å². The molecule has 128 valence electrons. The van der Waals surface area contributed by atoms with Crippen LogP contribution in [0.4, 0.5) is 9.18 Å². The molecular weight excluding hydrogens is 305 g/mol. The van der Waals surface area contributed by atoms with Crippen LogP contribution in [-0.2, 0) is 9.53 Å². The molecule has 0 spiro atoms. The Bertz CT molecular complexity index is 574. The van der Waals surface area contributed by atoms with Gasteiger partial charge in [0.1, 0.15) is 17.2 Å². The van der Waals surface area contributed by atoms with Crippen LogP contribution in [-0.4, -0.2) is 38.8 Å². The molecule has 1 aromatic rings. The number of carbonyl (C=O) groups is 2. The maximum atomic E-state index is 13.5. The van der Waals surface area contributed by atoms with E-state index in [-0.39, 0.29) is 5.56 Å². The Morgan fingerprint density at radius 3 is 2.17 bits per heavy atom.